The highest BCUT2D eigenvalue weighted by Crippen LogP contribution is 2.21. The minimum atomic E-state index is -1.09. The van der Waals surface area contributed by atoms with E-state index in [1.54, 1.807) is 60.7 Å². The van der Waals surface area contributed by atoms with E-state index in [4.69, 9.17) is 16.3 Å². The average Bonchev–Trinajstić information content (AvgIpc) is 2.46. The zero-order chi connectivity index (χ0) is 13.7. The number of hydrogen-bond acceptors (Lipinski definition) is 3. The minimum absolute atomic E-state index is 0.376. The van der Waals surface area contributed by atoms with Gasteiger partial charge in [0.15, 0.2) is 0 Å². The largest absolute Gasteiger partial charge is 0.444 e. The molecule has 0 aliphatic carbocycles. The van der Waals surface area contributed by atoms with Gasteiger partial charge in [-0.05, 0) is 23.7 Å². The van der Waals surface area contributed by atoms with Crippen molar-refractivity contribution in [2.24, 2.45) is 0 Å². The van der Waals surface area contributed by atoms with E-state index in [0.29, 0.717) is 11.1 Å². The maximum atomic E-state index is 11.9. The Morgan fingerprint density at radius 1 is 0.895 bits per heavy atom. The molecule has 0 N–H and O–H groups in total. The molecule has 4 heteroatoms. The number of carbonyl (C=O) groups excluding carboxylic acids is 2. The van der Waals surface area contributed by atoms with Crippen LogP contribution in [0.3, 0.4) is 0 Å². The van der Waals surface area contributed by atoms with Crippen LogP contribution in [-0.2, 0) is 9.53 Å². The van der Waals surface area contributed by atoms with E-state index in [1.807, 2.05) is 0 Å². The van der Waals surface area contributed by atoms with Crippen LogP contribution in [0.15, 0.2) is 60.7 Å². The molecule has 2 aromatic carbocycles. The van der Waals surface area contributed by atoms with Gasteiger partial charge < -0.3 is 4.74 Å². The summed E-state index contributed by atoms with van der Waals surface area (Å²) in [5, 5.41) is -0.726. The van der Waals surface area contributed by atoms with Crippen LogP contribution in [0.5, 0.6) is 0 Å². The lowest BCUT2D eigenvalue weighted by molar-refractivity contribution is -0.120. The number of esters is 1. The molecule has 0 bridgehead atoms. The van der Waals surface area contributed by atoms with Crippen LogP contribution in [0.1, 0.15) is 22.0 Å². The second-order valence-corrected chi connectivity index (χ2v) is 4.24. The van der Waals surface area contributed by atoms with Crippen molar-refractivity contribution in [3.05, 3.63) is 71.8 Å². The van der Waals surface area contributed by atoms with Crippen LogP contribution < -0.4 is 0 Å². The normalized spacial score (nSPS) is 11.6. The second kappa shape index (κ2) is 6.16. The van der Waals surface area contributed by atoms with Gasteiger partial charge in [-0.1, -0.05) is 48.5 Å². The molecule has 0 heterocycles. The van der Waals surface area contributed by atoms with E-state index in [1.165, 1.54) is 0 Å². The van der Waals surface area contributed by atoms with Crippen LogP contribution >= 0.6 is 11.6 Å². The monoisotopic (exact) mass is 274 g/mol. The van der Waals surface area contributed by atoms with E-state index in [2.05, 4.69) is 0 Å². The Morgan fingerprint density at radius 3 is 1.95 bits per heavy atom. The third-order valence-corrected chi connectivity index (χ3v) is 2.74. The SMILES string of the molecule is O=C(OC(C(=O)Cl)c1ccccc1)c1ccccc1. The Balaban J connectivity index is 2.19. The van der Waals surface area contributed by atoms with E-state index in [9.17, 15) is 9.59 Å². The predicted molar refractivity (Wildman–Crippen MR) is 71.9 cm³/mol. The Labute approximate surface area is 115 Å². The molecular weight excluding hydrogens is 264 g/mol. The fraction of sp³-hybridized carbons (Fsp3) is 0.0667. The third kappa shape index (κ3) is 3.42. The van der Waals surface area contributed by atoms with Crippen LogP contribution in [-0.4, -0.2) is 11.2 Å². The molecule has 0 aromatic heterocycles. The lowest BCUT2D eigenvalue weighted by Gasteiger charge is -2.14. The molecule has 0 radical (unpaired) electrons. The van der Waals surface area contributed by atoms with Gasteiger partial charge in [0.25, 0.3) is 5.24 Å². The molecule has 0 spiro atoms. The fourth-order valence-corrected chi connectivity index (χ4v) is 1.79. The standard InChI is InChI=1S/C15H11ClO3/c16-14(17)13(11-7-3-1-4-8-11)19-15(18)12-9-5-2-6-10-12/h1-10,13H. The summed E-state index contributed by atoms with van der Waals surface area (Å²) in [4.78, 5) is 23.3. The van der Waals surface area contributed by atoms with Crippen molar-refractivity contribution in [1.82, 2.24) is 0 Å². The number of rotatable bonds is 4. The second-order valence-electron chi connectivity index (χ2n) is 3.87. The molecule has 0 aliphatic heterocycles. The molecule has 2 rings (SSSR count). The molecular formula is C15H11ClO3. The Bertz CT molecular complexity index is 566. The average molecular weight is 275 g/mol. The first kappa shape index (κ1) is 13.3. The molecule has 3 nitrogen and oxygen atoms in total. The quantitative estimate of drug-likeness (QED) is 0.634. The van der Waals surface area contributed by atoms with Crippen molar-refractivity contribution in [2.75, 3.05) is 0 Å². The molecule has 0 amide bonds. The maximum absolute atomic E-state index is 11.9. The summed E-state index contributed by atoms with van der Waals surface area (Å²) in [5.74, 6) is -0.580. The summed E-state index contributed by atoms with van der Waals surface area (Å²) < 4.78 is 5.16. The highest BCUT2D eigenvalue weighted by molar-refractivity contribution is 6.64. The molecule has 0 saturated carbocycles. The fourth-order valence-electron chi connectivity index (χ4n) is 1.62. The summed E-state index contributed by atoms with van der Waals surface area (Å²) in [6.07, 6.45) is -1.09. The molecule has 1 atom stereocenters. The van der Waals surface area contributed by atoms with Crippen LogP contribution in [0.25, 0.3) is 0 Å². The topological polar surface area (TPSA) is 43.4 Å². The Kier molecular flexibility index (Phi) is 4.31. The first-order valence-electron chi connectivity index (χ1n) is 5.69. The predicted octanol–water partition coefficient (Wildman–Crippen LogP) is 3.35. The molecule has 1 unspecified atom stereocenters. The Hall–Kier alpha value is -2.13. The van der Waals surface area contributed by atoms with Crippen molar-refractivity contribution in [2.45, 2.75) is 6.10 Å². The zero-order valence-electron chi connectivity index (χ0n) is 9.95. The van der Waals surface area contributed by atoms with Crippen molar-refractivity contribution in [3.8, 4) is 0 Å². The highest BCUT2D eigenvalue weighted by atomic mass is 35.5. The smallest absolute Gasteiger partial charge is 0.339 e. The van der Waals surface area contributed by atoms with Gasteiger partial charge in [-0.2, -0.15) is 0 Å². The number of halogens is 1. The summed E-state index contributed by atoms with van der Waals surface area (Å²) in [6, 6.07) is 17.1. The van der Waals surface area contributed by atoms with Gasteiger partial charge in [0, 0.05) is 5.56 Å². The minimum Gasteiger partial charge on any atom is -0.444 e. The molecule has 0 fully saturated rings. The number of ether oxygens (including phenoxy) is 1. The van der Waals surface area contributed by atoms with E-state index in [0.717, 1.165) is 0 Å². The van der Waals surface area contributed by atoms with Gasteiger partial charge in [0.1, 0.15) is 0 Å². The van der Waals surface area contributed by atoms with E-state index < -0.39 is 17.3 Å². The first-order chi connectivity index (χ1) is 9.18. The maximum Gasteiger partial charge on any atom is 0.339 e. The van der Waals surface area contributed by atoms with Gasteiger partial charge in [0.05, 0.1) is 5.56 Å². The van der Waals surface area contributed by atoms with E-state index in [-0.39, 0.29) is 0 Å². The van der Waals surface area contributed by atoms with Crippen molar-refractivity contribution >= 4 is 22.8 Å². The number of hydrogen-bond donors (Lipinski definition) is 0. The summed E-state index contributed by atoms with van der Waals surface area (Å²) in [7, 11) is 0. The molecule has 96 valence electrons. The first-order valence-corrected chi connectivity index (χ1v) is 6.06. The van der Waals surface area contributed by atoms with Crippen molar-refractivity contribution in [3.63, 3.8) is 0 Å². The summed E-state index contributed by atoms with van der Waals surface area (Å²) in [5.41, 5.74) is 0.924. The van der Waals surface area contributed by atoms with E-state index >= 15 is 0 Å². The van der Waals surface area contributed by atoms with Crippen molar-refractivity contribution < 1.29 is 14.3 Å². The molecule has 19 heavy (non-hydrogen) atoms. The molecule has 0 aliphatic rings. The van der Waals surface area contributed by atoms with Crippen LogP contribution in [0.4, 0.5) is 0 Å². The van der Waals surface area contributed by atoms with Gasteiger partial charge in [-0.25, -0.2) is 4.79 Å². The number of benzene rings is 2. The lowest BCUT2D eigenvalue weighted by Crippen LogP contribution is -2.16. The number of carbonyl (C=O) groups is 2. The Morgan fingerprint density at radius 2 is 1.42 bits per heavy atom. The van der Waals surface area contributed by atoms with Gasteiger partial charge >= 0.3 is 5.97 Å². The van der Waals surface area contributed by atoms with Crippen LogP contribution in [0, 0.1) is 0 Å². The third-order valence-electron chi connectivity index (χ3n) is 2.54. The van der Waals surface area contributed by atoms with Crippen LogP contribution in [0.2, 0.25) is 0 Å². The summed E-state index contributed by atoms with van der Waals surface area (Å²) >= 11 is 5.49. The molecule has 0 saturated heterocycles. The van der Waals surface area contributed by atoms with Gasteiger partial charge in [-0.3, -0.25) is 4.79 Å². The lowest BCUT2D eigenvalue weighted by atomic mass is 10.1. The van der Waals surface area contributed by atoms with Gasteiger partial charge in [0.2, 0.25) is 6.10 Å². The van der Waals surface area contributed by atoms with Crippen molar-refractivity contribution in [1.29, 1.82) is 0 Å². The van der Waals surface area contributed by atoms with Gasteiger partial charge in [-0.15, -0.1) is 0 Å². The summed E-state index contributed by atoms with van der Waals surface area (Å²) in [6.45, 7) is 0. The zero-order valence-corrected chi connectivity index (χ0v) is 10.7. The highest BCUT2D eigenvalue weighted by Gasteiger charge is 2.23. The molecule has 2 aromatic rings.